The summed E-state index contributed by atoms with van der Waals surface area (Å²) >= 11 is 0. The Morgan fingerprint density at radius 1 is 1.21 bits per heavy atom. The average molecular weight is 449 g/mol. The third-order valence-corrected chi connectivity index (χ3v) is 5.97. The van der Waals surface area contributed by atoms with Crippen molar-refractivity contribution in [1.29, 1.82) is 0 Å². The van der Waals surface area contributed by atoms with Gasteiger partial charge in [0.15, 0.2) is 0 Å². The molecule has 0 radical (unpaired) electrons. The monoisotopic (exact) mass is 448 g/mol. The minimum absolute atomic E-state index is 0.0274. The van der Waals surface area contributed by atoms with E-state index in [0.29, 0.717) is 25.3 Å². The molecule has 0 bridgehead atoms. The molecule has 0 aliphatic heterocycles. The van der Waals surface area contributed by atoms with Crippen molar-refractivity contribution >= 4 is 17.6 Å². The van der Waals surface area contributed by atoms with Crippen molar-refractivity contribution in [1.82, 2.24) is 4.98 Å². The number of carbonyl (C=O) groups is 2. The van der Waals surface area contributed by atoms with Gasteiger partial charge >= 0.3 is 5.97 Å². The SMILES string of the molecule is CCC(=O)Nc1ccc(-c2nc(CCOc3ccc4c(c3)CC[C@H]4CC(=O)O)c(C)o2)cc1. The minimum Gasteiger partial charge on any atom is -0.493 e. The van der Waals surface area contributed by atoms with Crippen molar-refractivity contribution in [3.63, 3.8) is 0 Å². The minimum atomic E-state index is -0.755. The summed E-state index contributed by atoms with van der Waals surface area (Å²) in [6.07, 6.45) is 2.98. The molecule has 3 aromatic rings. The number of carbonyl (C=O) groups excluding carboxylic acids is 1. The van der Waals surface area contributed by atoms with Crippen molar-refractivity contribution in [2.75, 3.05) is 11.9 Å². The Kier molecular flexibility index (Phi) is 6.77. The van der Waals surface area contributed by atoms with Crippen LogP contribution in [0.3, 0.4) is 0 Å². The first kappa shape index (κ1) is 22.6. The number of fused-ring (bicyclic) bond motifs is 1. The highest BCUT2D eigenvalue weighted by Gasteiger charge is 2.25. The molecule has 0 saturated heterocycles. The fraction of sp³-hybridized carbons (Fsp3) is 0.346. The third kappa shape index (κ3) is 5.42. The molecule has 0 spiro atoms. The number of aliphatic carboxylic acids is 1. The number of nitrogens with zero attached hydrogens (tertiary/aromatic N) is 1. The highest BCUT2D eigenvalue weighted by atomic mass is 16.5. The smallest absolute Gasteiger partial charge is 0.303 e. The summed E-state index contributed by atoms with van der Waals surface area (Å²) in [6.45, 7) is 4.17. The predicted octanol–water partition coefficient (Wildman–Crippen LogP) is 5.12. The van der Waals surface area contributed by atoms with Gasteiger partial charge in [0.05, 0.1) is 18.7 Å². The molecule has 2 aromatic carbocycles. The van der Waals surface area contributed by atoms with E-state index in [1.807, 2.05) is 56.3 Å². The maximum Gasteiger partial charge on any atom is 0.303 e. The first-order chi connectivity index (χ1) is 15.9. The number of ether oxygens (including phenoxy) is 1. The number of aryl methyl sites for hydroxylation is 2. The van der Waals surface area contributed by atoms with Crippen molar-refractivity contribution in [3.8, 4) is 17.2 Å². The number of carboxylic acid groups (broad SMARTS) is 1. The fourth-order valence-electron chi connectivity index (χ4n) is 4.19. The van der Waals surface area contributed by atoms with Crippen molar-refractivity contribution in [2.45, 2.75) is 51.9 Å². The number of rotatable bonds is 9. The van der Waals surface area contributed by atoms with E-state index in [0.717, 1.165) is 46.9 Å². The van der Waals surface area contributed by atoms with Gasteiger partial charge < -0.3 is 19.6 Å². The van der Waals surface area contributed by atoms with Gasteiger partial charge in [-0.1, -0.05) is 13.0 Å². The molecule has 1 heterocycles. The number of carboxylic acids is 1. The molecule has 1 atom stereocenters. The van der Waals surface area contributed by atoms with Crippen molar-refractivity contribution in [2.24, 2.45) is 0 Å². The molecular weight excluding hydrogens is 420 g/mol. The number of aromatic nitrogens is 1. The van der Waals surface area contributed by atoms with Crippen LogP contribution in [0.5, 0.6) is 5.75 Å². The first-order valence-electron chi connectivity index (χ1n) is 11.3. The summed E-state index contributed by atoms with van der Waals surface area (Å²) in [7, 11) is 0. The van der Waals surface area contributed by atoms with Crippen LogP contribution in [0, 0.1) is 6.92 Å². The predicted molar refractivity (Wildman–Crippen MR) is 125 cm³/mol. The van der Waals surface area contributed by atoms with Crippen LogP contribution in [0.4, 0.5) is 5.69 Å². The normalized spacial score (nSPS) is 14.7. The second kappa shape index (κ2) is 9.90. The lowest BCUT2D eigenvalue weighted by Crippen LogP contribution is -2.08. The van der Waals surface area contributed by atoms with Crippen LogP contribution in [-0.4, -0.2) is 28.6 Å². The number of anilines is 1. The van der Waals surface area contributed by atoms with Crippen LogP contribution in [-0.2, 0) is 22.4 Å². The Balaban J connectivity index is 1.35. The fourth-order valence-corrected chi connectivity index (χ4v) is 4.19. The van der Waals surface area contributed by atoms with Gasteiger partial charge in [0.1, 0.15) is 11.5 Å². The van der Waals surface area contributed by atoms with E-state index >= 15 is 0 Å². The summed E-state index contributed by atoms with van der Waals surface area (Å²) in [5, 5.41) is 11.9. The molecule has 7 heteroatoms. The van der Waals surface area contributed by atoms with Crippen LogP contribution in [0.2, 0.25) is 0 Å². The number of amides is 1. The second-order valence-corrected chi connectivity index (χ2v) is 8.29. The summed E-state index contributed by atoms with van der Waals surface area (Å²) in [5.74, 6) is 1.39. The molecule has 1 aliphatic rings. The molecule has 0 unspecified atom stereocenters. The zero-order valence-electron chi connectivity index (χ0n) is 18.9. The molecule has 1 aliphatic carbocycles. The molecule has 33 heavy (non-hydrogen) atoms. The summed E-state index contributed by atoms with van der Waals surface area (Å²) in [6, 6.07) is 13.4. The second-order valence-electron chi connectivity index (χ2n) is 8.29. The number of oxazole rings is 1. The molecular formula is C26H28N2O5. The maximum atomic E-state index is 11.5. The topological polar surface area (TPSA) is 102 Å². The van der Waals surface area contributed by atoms with Gasteiger partial charge in [0.2, 0.25) is 11.8 Å². The maximum absolute atomic E-state index is 11.5. The van der Waals surface area contributed by atoms with E-state index in [1.54, 1.807) is 0 Å². The van der Waals surface area contributed by atoms with Gasteiger partial charge in [0, 0.05) is 24.1 Å². The van der Waals surface area contributed by atoms with Gasteiger partial charge in [-0.25, -0.2) is 4.98 Å². The summed E-state index contributed by atoms with van der Waals surface area (Å²) < 4.78 is 11.8. The number of hydrogen-bond acceptors (Lipinski definition) is 5. The van der Waals surface area contributed by atoms with Gasteiger partial charge in [-0.05, 0) is 73.2 Å². The molecule has 7 nitrogen and oxygen atoms in total. The molecule has 4 rings (SSSR count). The van der Waals surface area contributed by atoms with Crippen molar-refractivity contribution in [3.05, 3.63) is 65.0 Å². The van der Waals surface area contributed by atoms with E-state index < -0.39 is 5.97 Å². The zero-order valence-corrected chi connectivity index (χ0v) is 18.9. The van der Waals surface area contributed by atoms with E-state index in [-0.39, 0.29) is 18.2 Å². The Hall–Kier alpha value is -3.61. The quantitative estimate of drug-likeness (QED) is 0.471. The zero-order chi connectivity index (χ0) is 23.4. The van der Waals surface area contributed by atoms with Crippen LogP contribution in [0.25, 0.3) is 11.5 Å². The Morgan fingerprint density at radius 3 is 2.73 bits per heavy atom. The lowest BCUT2D eigenvalue weighted by atomic mass is 9.98. The van der Waals surface area contributed by atoms with Crippen molar-refractivity contribution < 1.29 is 23.8 Å². The molecule has 2 N–H and O–H groups in total. The van der Waals surface area contributed by atoms with E-state index in [1.165, 1.54) is 5.56 Å². The standard InChI is InChI=1S/C26H28N2O5/c1-3-24(29)27-20-8-6-17(7-9-20)26-28-23(16(2)33-26)12-13-32-21-10-11-22-18(14-21)4-5-19(22)15-25(30)31/h6-11,14,19H,3-5,12-13,15H2,1-2H3,(H,27,29)(H,30,31)/t19-/m0/s1. The average Bonchev–Trinajstić information content (AvgIpc) is 3.37. The van der Waals surface area contributed by atoms with E-state index in [2.05, 4.69) is 10.3 Å². The van der Waals surface area contributed by atoms with Crippen LogP contribution in [0.1, 0.15) is 54.7 Å². The van der Waals surface area contributed by atoms with E-state index in [9.17, 15) is 9.59 Å². The summed E-state index contributed by atoms with van der Waals surface area (Å²) in [4.78, 5) is 27.2. The van der Waals surface area contributed by atoms with E-state index in [4.69, 9.17) is 14.3 Å². The highest BCUT2D eigenvalue weighted by molar-refractivity contribution is 5.90. The Bertz CT molecular complexity index is 1150. The van der Waals surface area contributed by atoms with Gasteiger partial charge in [-0.3, -0.25) is 9.59 Å². The lowest BCUT2D eigenvalue weighted by molar-refractivity contribution is -0.137. The Labute approximate surface area is 192 Å². The van der Waals surface area contributed by atoms with Crippen LogP contribution in [0.15, 0.2) is 46.9 Å². The molecule has 1 amide bonds. The lowest BCUT2D eigenvalue weighted by Gasteiger charge is -2.10. The first-order valence-corrected chi connectivity index (χ1v) is 11.3. The number of hydrogen-bond donors (Lipinski definition) is 2. The van der Waals surface area contributed by atoms with Crippen LogP contribution >= 0.6 is 0 Å². The molecule has 0 fully saturated rings. The van der Waals surface area contributed by atoms with Gasteiger partial charge in [0.25, 0.3) is 0 Å². The third-order valence-electron chi connectivity index (χ3n) is 5.97. The van der Waals surface area contributed by atoms with Gasteiger partial charge in [-0.2, -0.15) is 0 Å². The summed E-state index contributed by atoms with van der Waals surface area (Å²) in [5.41, 5.74) is 4.73. The van der Waals surface area contributed by atoms with Gasteiger partial charge in [-0.15, -0.1) is 0 Å². The number of benzene rings is 2. The largest absolute Gasteiger partial charge is 0.493 e. The molecule has 172 valence electrons. The molecule has 1 aromatic heterocycles. The highest BCUT2D eigenvalue weighted by Crippen LogP contribution is 2.37. The number of nitrogens with one attached hydrogen (secondary N) is 1. The Morgan fingerprint density at radius 2 is 2.00 bits per heavy atom. The van der Waals surface area contributed by atoms with Crippen LogP contribution < -0.4 is 10.1 Å². The molecule has 0 saturated carbocycles.